The van der Waals surface area contributed by atoms with Crippen LogP contribution in [0.5, 0.6) is 0 Å². The van der Waals surface area contributed by atoms with Crippen molar-refractivity contribution in [1.82, 2.24) is 28.5 Å². The molecular formula is C30H37N9O5. The Balaban J connectivity index is 1.17. The van der Waals surface area contributed by atoms with Gasteiger partial charge >= 0.3 is 0 Å². The van der Waals surface area contributed by atoms with Gasteiger partial charge in [0.05, 0.1) is 30.3 Å². The number of morpholine rings is 1. The highest BCUT2D eigenvalue weighted by atomic mass is 16.5. The number of ether oxygens (including phenoxy) is 1. The van der Waals surface area contributed by atoms with Crippen LogP contribution in [0.1, 0.15) is 42.0 Å². The molecule has 0 aromatic carbocycles. The molecule has 0 spiro atoms. The highest BCUT2D eigenvalue weighted by Crippen LogP contribution is 2.20. The van der Waals surface area contributed by atoms with Gasteiger partial charge in [0.25, 0.3) is 23.6 Å². The lowest BCUT2D eigenvalue weighted by molar-refractivity contribution is 0.0383. The summed E-state index contributed by atoms with van der Waals surface area (Å²) in [6.07, 6.45) is 6.73. The van der Waals surface area contributed by atoms with Crippen molar-refractivity contribution in [2.45, 2.75) is 0 Å². The number of anilines is 3. The zero-order valence-electron chi connectivity index (χ0n) is 25.2. The van der Waals surface area contributed by atoms with Gasteiger partial charge in [0.2, 0.25) is 0 Å². The first-order chi connectivity index (χ1) is 21.1. The molecule has 0 saturated carbocycles. The normalized spacial score (nSPS) is 13.5. The fourth-order valence-electron chi connectivity index (χ4n) is 5.10. The van der Waals surface area contributed by atoms with Crippen LogP contribution in [-0.2, 0) is 32.9 Å². The maximum absolute atomic E-state index is 13.1. The Kier molecular flexibility index (Phi) is 9.01. The van der Waals surface area contributed by atoms with Crippen LogP contribution in [0.4, 0.5) is 17.1 Å². The summed E-state index contributed by atoms with van der Waals surface area (Å²) in [4.78, 5) is 53.7. The number of rotatable bonds is 10. The Labute approximate surface area is 254 Å². The van der Waals surface area contributed by atoms with Crippen LogP contribution in [0, 0.1) is 0 Å². The highest BCUT2D eigenvalue weighted by Gasteiger charge is 2.19. The van der Waals surface area contributed by atoms with Crippen LogP contribution < -0.4 is 21.3 Å². The van der Waals surface area contributed by atoms with E-state index in [0.29, 0.717) is 59.6 Å². The summed E-state index contributed by atoms with van der Waals surface area (Å²) in [6.45, 7) is 4.36. The van der Waals surface area contributed by atoms with Crippen molar-refractivity contribution in [3.05, 3.63) is 77.9 Å². The number of nitrogens with zero attached hydrogens (tertiary/aromatic N) is 5. The lowest BCUT2D eigenvalue weighted by Crippen LogP contribution is -2.41. The first-order valence-corrected chi connectivity index (χ1v) is 14.2. The van der Waals surface area contributed by atoms with Gasteiger partial charge in [-0.05, 0) is 30.3 Å². The van der Waals surface area contributed by atoms with Crippen molar-refractivity contribution < 1.29 is 23.9 Å². The van der Waals surface area contributed by atoms with E-state index in [9.17, 15) is 19.2 Å². The van der Waals surface area contributed by atoms with E-state index >= 15 is 0 Å². The number of carbonyl (C=O) groups excluding carboxylic acids is 4. The molecule has 0 radical (unpaired) electrons. The smallest absolute Gasteiger partial charge is 0.272 e. The minimum absolute atomic E-state index is 0.228. The van der Waals surface area contributed by atoms with Crippen LogP contribution in [0.15, 0.2) is 55.1 Å². The average molecular weight is 604 g/mol. The van der Waals surface area contributed by atoms with Crippen LogP contribution in [0.2, 0.25) is 0 Å². The van der Waals surface area contributed by atoms with Gasteiger partial charge in [-0.3, -0.25) is 24.1 Å². The topological polar surface area (TPSA) is 149 Å². The van der Waals surface area contributed by atoms with Crippen molar-refractivity contribution in [3.8, 4) is 0 Å². The second-order valence-corrected chi connectivity index (χ2v) is 10.8. The van der Waals surface area contributed by atoms with E-state index in [1.165, 1.54) is 0 Å². The minimum Gasteiger partial charge on any atom is -0.379 e. The van der Waals surface area contributed by atoms with Gasteiger partial charge in [-0.15, -0.1) is 0 Å². The van der Waals surface area contributed by atoms with Gasteiger partial charge in [-0.1, -0.05) is 0 Å². The number of hydrogen-bond acceptors (Lipinski definition) is 6. The van der Waals surface area contributed by atoms with Gasteiger partial charge in [0.15, 0.2) is 0 Å². The lowest BCUT2D eigenvalue weighted by Gasteiger charge is -2.26. The third-order valence-electron chi connectivity index (χ3n) is 7.48. The summed E-state index contributed by atoms with van der Waals surface area (Å²) in [5, 5.41) is 11.4. The molecule has 1 saturated heterocycles. The second-order valence-electron chi connectivity index (χ2n) is 10.8. The number of hydrogen-bond donors (Lipinski definition) is 4. The summed E-state index contributed by atoms with van der Waals surface area (Å²) < 4.78 is 11.9. The summed E-state index contributed by atoms with van der Waals surface area (Å²) in [5.74, 6) is -1.32. The largest absolute Gasteiger partial charge is 0.379 e. The fraction of sp³-hybridized carbons (Fsp3) is 0.333. The van der Waals surface area contributed by atoms with E-state index in [1.54, 1.807) is 102 Å². The molecule has 1 aliphatic heterocycles. The molecule has 1 fully saturated rings. The quantitative estimate of drug-likeness (QED) is 0.218. The molecule has 44 heavy (non-hydrogen) atoms. The Morgan fingerprint density at radius 2 is 1.11 bits per heavy atom. The Hall–Kier alpha value is -5.08. The van der Waals surface area contributed by atoms with Gasteiger partial charge in [0.1, 0.15) is 22.8 Å². The molecular weight excluding hydrogens is 566 g/mol. The van der Waals surface area contributed by atoms with Crippen molar-refractivity contribution in [1.29, 1.82) is 0 Å². The molecule has 4 aromatic rings. The van der Waals surface area contributed by atoms with Crippen molar-refractivity contribution >= 4 is 40.7 Å². The molecule has 4 aromatic heterocycles. The first-order valence-electron chi connectivity index (χ1n) is 14.2. The summed E-state index contributed by atoms with van der Waals surface area (Å²) in [5.41, 5.74) is 2.91. The Morgan fingerprint density at radius 3 is 1.57 bits per heavy atom. The number of amides is 4. The third-order valence-corrected chi connectivity index (χ3v) is 7.48. The monoisotopic (exact) mass is 603 g/mol. The van der Waals surface area contributed by atoms with Crippen molar-refractivity contribution in [2.24, 2.45) is 28.2 Å². The second kappa shape index (κ2) is 13.1. The molecule has 0 bridgehead atoms. The molecule has 0 atom stereocenters. The van der Waals surface area contributed by atoms with Crippen LogP contribution in [0.25, 0.3) is 0 Å². The van der Waals surface area contributed by atoms with E-state index in [1.807, 2.05) is 0 Å². The minimum atomic E-state index is -0.406. The van der Waals surface area contributed by atoms with Crippen LogP contribution in [-0.4, -0.2) is 86.2 Å². The Bertz CT molecular complexity index is 1690. The number of aromatic nitrogens is 4. The maximum atomic E-state index is 13.1. The molecule has 232 valence electrons. The van der Waals surface area contributed by atoms with Crippen LogP contribution >= 0.6 is 0 Å². The van der Waals surface area contributed by atoms with Gasteiger partial charge < -0.3 is 44.3 Å². The third kappa shape index (κ3) is 6.93. The molecule has 0 aliphatic carbocycles. The summed E-state index contributed by atoms with van der Waals surface area (Å²) in [7, 11) is 6.92. The maximum Gasteiger partial charge on any atom is 0.272 e. The van der Waals surface area contributed by atoms with E-state index in [-0.39, 0.29) is 11.8 Å². The predicted octanol–water partition coefficient (Wildman–Crippen LogP) is 1.86. The standard InChI is InChI=1S/C30H37N9O5/c1-35-8-5-6-23(35)28(41)32-21-15-25(37(3)18-21)30(43)34-22-16-26(38(4)19-22)29(42)33-20-14-24(36(2)17-20)27(40)31-7-9-39-10-12-44-13-11-39/h5-6,8,14-19H,7,9-13H2,1-4H3,(H,31,40)(H,32,41)(H,33,42)(H,34,43). The lowest BCUT2D eigenvalue weighted by atomic mass is 10.3. The zero-order chi connectivity index (χ0) is 31.4. The number of nitrogens with one attached hydrogen (secondary N) is 4. The number of aryl methyl sites for hydroxylation is 4. The van der Waals surface area contributed by atoms with Crippen molar-refractivity contribution in [3.63, 3.8) is 0 Å². The van der Waals surface area contributed by atoms with E-state index in [4.69, 9.17) is 4.74 Å². The highest BCUT2D eigenvalue weighted by molar-refractivity contribution is 6.08. The molecule has 14 heteroatoms. The Morgan fingerprint density at radius 1 is 0.659 bits per heavy atom. The molecule has 0 unspecified atom stereocenters. The van der Waals surface area contributed by atoms with E-state index < -0.39 is 11.8 Å². The molecule has 5 rings (SSSR count). The first kappa shape index (κ1) is 30.4. The summed E-state index contributed by atoms with van der Waals surface area (Å²) >= 11 is 0. The molecule has 4 amide bonds. The van der Waals surface area contributed by atoms with Crippen molar-refractivity contribution in [2.75, 3.05) is 55.3 Å². The van der Waals surface area contributed by atoms with Crippen LogP contribution in [0.3, 0.4) is 0 Å². The molecule has 5 heterocycles. The average Bonchev–Trinajstić information content (AvgIpc) is 3.76. The fourth-order valence-corrected chi connectivity index (χ4v) is 5.10. The molecule has 14 nitrogen and oxygen atoms in total. The predicted molar refractivity (Wildman–Crippen MR) is 165 cm³/mol. The van der Waals surface area contributed by atoms with Gasteiger partial charge in [-0.25, -0.2) is 0 Å². The van der Waals surface area contributed by atoms with Gasteiger partial charge in [0, 0.05) is 79.2 Å². The molecule has 4 N–H and O–H groups in total. The van der Waals surface area contributed by atoms with E-state index in [0.717, 1.165) is 19.6 Å². The van der Waals surface area contributed by atoms with Gasteiger partial charge in [-0.2, -0.15) is 0 Å². The SMILES string of the molecule is Cn1cc(NC(=O)c2cc(NC(=O)c3cc(NC(=O)c4cccn4C)cn3C)cn2C)cc1C(=O)NCCN1CCOCC1. The molecule has 1 aliphatic rings. The summed E-state index contributed by atoms with van der Waals surface area (Å²) in [6, 6.07) is 8.25. The van der Waals surface area contributed by atoms with E-state index in [2.05, 4.69) is 26.2 Å². The zero-order valence-corrected chi connectivity index (χ0v) is 25.2. The number of carbonyl (C=O) groups is 4.